The molecule has 7 nitrogen and oxygen atoms in total. The fourth-order valence-corrected chi connectivity index (χ4v) is 5.95. The van der Waals surface area contributed by atoms with Gasteiger partial charge < -0.3 is 19.9 Å². The zero-order chi connectivity index (χ0) is 28.8. The summed E-state index contributed by atoms with van der Waals surface area (Å²) in [7, 11) is 1.70. The predicted octanol–water partition coefficient (Wildman–Crippen LogP) is 5.69. The van der Waals surface area contributed by atoms with Crippen molar-refractivity contribution in [3.8, 4) is 0 Å². The Balaban J connectivity index is 1.36. The smallest absolute Gasteiger partial charge is 0.242 e. The van der Waals surface area contributed by atoms with Crippen LogP contribution in [0.1, 0.15) is 50.1 Å². The van der Waals surface area contributed by atoms with Gasteiger partial charge in [0.2, 0.25) is 5.90 Å². The maximum atomic E-state index is 14.0. The van der Waals surface area contributed by atoms with Gasteiger partial charge in [0.05, 0.1) is 16.4 Å². The third-order valence-electron chi connectivity index (χ3n) is 7.98. The molecule has 1 atom stereocenters. The van der Waals surface area contributed by atoms with E-state index in [1.165, 1.54) is 6.07 Å². The number of pyridine rings is 1. The highest BCUT2D eigenvalue weighted by Gasteiger charge is 2.34. The lowest BCUT2D eigenvalue weighted by Crippen LogP contribution is -2.58. The molecule has 1 aromatic carbocycles. The molecule has 0 spiro atoms. The molecule has 1 N–H and O–H groups in total. The van der Waals surface area contributed by atoms with Gasteiger partial charge in [-0.1, -0.05) is 31.2 Å². The number of aryl methyl sites for hydroxylation is 1. The van der Waals surface area contributed by atoms with Crippen LogP contribution in [0.2, 0.25) is 5.02 Å². The third-order valence-corrected chi connectivity index (χ3v) is 8.29. The van der Waals surface area contributed by atoms with Crippen molar-refractivity contribution in [2.75, 3.05) is 51.2 Å². The summed E-state index contributed by atoms with van der Waals surface area (Å²) in [5.74, 6) is 0.510. The Labute approximate surface area is 243 Å². The molecule has 0 bridgehead atoms. The van der Waals surface area contributed by atoms with Gasteiger partial charge in [0.25, 0.3) is 0 Å². The number of nitrogens with one attached hydrogen (secondary N) is 1. The quantitative estimate of drug-likeness (QED) is 0.238. The summed E-state index contributed by atoms with van der Waals surface area (Å²) in [5, 5.41) is 3.20. The third kappa shape index (κ3) is 6.78. The molecule has 0 saturated carbocycles. The van der Waals surface area contributed by atoms with Gasteiger partial charge in [-0.3, -0.25) is 9.89 Å². The van der Waals surface area contributed by atoms with Crippen LogP contribution in [0.25, 0.3) is 5.70 Å². The second-order valence-electron chi connectivity index (χ2n) is 10.4. The molecule has 3 heterocycles. The zero-order valence-electron chi connectivity index (χ0n) is 24.2. The van der Waals surface area contributed by atoms with Crippen LogP contribution in [0, 0.1) is 12.7 Å². The van der Waals surface area contributed by atoms with Crippen LogP contribution in [0.15, 0.2) is 54.4 Å². The average molecular weight is 569 g/mol. The van der Waals surface area contributed by atoms with Crippen LogP contribution in [0.4, 0.5) is 10.1 Å². The number of anilines is 1. The number of benzene rings is 1. The first-order valence-electron chi connectivity index (χ1n) is 14.2. The first kappa shape index (κ1) is 29.9. The highest BCUT2D eigenvalue weighted by atomic mass is 35.5. The predicted molar refractivity (Wildman–Crippen MR) is 163 cm³/mol. The number of ether oxygens (including phenoxy) is 1. The zero-order valence-corrected chi connectivity index (χ0v) is 25.0. The lowest BCUT2D eigenvalue weighted by Gasteiger charge is -2.48. The highest BCUT2D eigenvalue weighted by Crippen LogP contribution is 2.30. The van der Waals surface area contributed by atoms with Crippen molar-refractivity contribution in [3.63, 3.8) is 0 Å². The number of hydrogen-bond donors (Lipinski definition) is 1. The fraction of sp³-hybridized carbons (Fsp3) is 0.484. The second-order valence-corrected chi connectivity index (χ2v) is 10.8. The van der Waals surface area contributed by atoms with Crippen molar-refractivity contribution >= 4 is 28.9 Å². The summed E-state index contributed by atoms with van der Waals surface area (Å²) < 4.78 is 19.8. The standard InChI is InChI=1S/C31H42ClFN6O/c1-7-25-20-38(30-12-11-29(36-21(30)3)31(34-6)40-23(5)35-8-2)17-18-39(25)26-13-15-37(16-14-26)22(4)24-9-10-27(32)28(33)19-24/h9-12,19,25-26,35H,4-5,7-8,13-18,20H2,1-3,6H3/t25-/m0/s1. The van der Waals surface area contributed by atoms with E-state index in [1.54, 1.807) is 13.1 Å². The number of likely N-dealkylation sites (tertiary alicyclic amines) is 1. The second kappa shape index (κ2) is 13.5. The molecule has 0 unspecified atom stereocenters. The van der Waals surface area contributed by atoms with E-state index in [2.05, 4.69) is 51.2 Å². The van der Waals surface area contributed by atoms with Crippen molar-refractivity contribution in [1.29, 1.82) is 0 Å². The lowest BCUT2D eigenvalue weighted by molar-refractivity contribution is 0.0768. The number of rotatable bonds is 9. The Kier molecular flexibility index (Phi) is 10.1. The van der Waals surface area contributed by atoms with Gasteiger partial charge >= 0.3 is 0 Å². The molecule has 2 fully saturated rings. The van der Waals surface area contributed by atoms with E-state index in [9.17, 15) is 4.39 Å². The normalized spacial score (nSPS) is 19.1. The summed E-state index contributed by atoms with van der Waals surface area (Å²) in [6, 6.07) is 10.0. The van der Waals surface area contributed by atoms with Crippen LogP contribution in [0.3, 0.4) is 0 Å². The van der Waals surface area contributed by atoms with E-state index in [4.69, 9.17) is 21.3 Å². The lowest BCUT2D eigenvalue weighted by atomic mass is 9.97. The number of piperazine rings is 1. The molecule has 2 aliphatic heterocycles. The van der Waals surface area contributed by atoms with Crippen LogP contribution in [-0.4, -0.2) is 79.1 Å². The maximum absolute atomic E-state index is 14.0. The molecule has 0 aliphatic carbocycles. The Morgan fingerprint density at radius 2 is 1.90 bits per heavy atom. The topological polar surface area (TPSA) is 56.2 Å². The van der Waals surface area contributed by atoms with E-state index in [1.807, 2.05) is 26.0 Å². The number of aliphatic imine (C=N–C) groups is 1. The molecule has 40 heavy (non-hydrogen) atoms. The number of halogens is 2. The summed E-state index contributed by atoms with van der Waals surface area (Å²) in [6.45, 7) is 20.0. The maximum Gasteiger partial charge on any atom is 0.242 e. The number of hydrogen-bond acceptors (Lipinski definition) is 7. The minimum absolute atomic E-state index is 0.141. The van der Waals surface area contributed by atoms with E-state index in [0.717, 1.165) is 81.2 Å². The fourth-order valence-electron chi connectivity index (χ4n) is 5.83. The summed E-state index contributed by atoms with van der Waals surface area (Å²) in [6.07, 6.45) is 3.22. The van der Waals surface area contributed by atoms with Crippen LogP contribution in [-0.2, 0) is 4.74 Å². The molecule has 4 rings (SSSR count). The van der Waals surface area contributed by atoms with Gasteiger partial charge in [-0.05, 0) is 64.0 Å². The molecule has 0 amide bonds. The van der Waals surface area contributed by atoms with Gasteiger partial charge in [0.1, 0.15) is 11.5 Å². The minimum atomic E-state index is -0.401. The Morgan fingerprint density at radius 3 is 2.52 bits per heavy atom. The van der Waals surface area contributed by atoms with Gasteiger partial charge in [-0.15, -0.1) is 0 Å². The van der Waals surface area contributed by atoms with Gasteiger partial charge in [0, 0.05) is 69.7 Å². The van der Waals surface area contributed by atoms with Crippen molar-refractivity contribution < 1.29 is 9.13 Å². The molecule has 9 heteroatoms. The van der Waals surface area contributed by atoms with Crippen LogP contribution in [0.5, 0.6) is 0 Å². The summed E-state index contributed by atoms with van der Waals surface area (Å²) in [4.78, 5) is 16.5. The van der Waals surface area contributed by atoms with E-state index < -0.39 is 5.82 Å². The molecule has 2 aliphatic rings. The molecule has 216 valence electrons. The largest absolute Gasteiger partial charge is 0.422 e. The molecular weight excluding hydrogens is 527 g/mol. The number of nitrogens with zero attached hydrogens (tertiary/aromatic N) is 5. The Bertz CT molecular complexity index is 1240. The molecule has 0 radical (unpaired) electrons. The Morgan fingerprint density at radius 1 is 1.15 bits per heavy atom. The average Bonchev–Trinajstić information content (AvgIpc) is 2.97. The summed E-state index contributed by atoms with van der Waals surface area (Å²) in [5.41, 5.74) is 4.48. The van der Waals surface area contributed by atoms with Crippen molar-refractivity contribution in [3.05, 3.63) is 77.2 Å². The van der Waals surface area contributed by atoms with E-state index in [-0.39, 0.29) is 5.02 Å². The van der Waals surface area contributed by atoms with Crippen LogP contribution < -0.4 is 10.2 Å². The van der Waals surface area contributed by atoms with Gasteiger partial charge in [-0.2, -0.15) is 0 Å². The van der Waals surface area contributed by atoms with Crippen molar-refractivity contribution in [2.45, 2.75) is 52.1 Å². The minimum Gasteiger partial charge on any atom is -0.422 e. The Hall–Kier alpha value is -3.10. The molecule has 2 aromatic rings. The van der Waals surface area contributed by atoms with Crippen LogP contribution >= 0.6 is 11.6 Å². The first-order valence-corrected chi connectivity index (χ1v) is 14.6. The van der Waals surface area contributed by atoms with E-state index in [0.29, 0.717) is 29.6 Å². The van der Waals surface area contributed by atoms with Gasteiger partial charge in [-0.25, -0.2) is 9.37 Å². The number of aromatic nitrogens is 1. The highest BCUT2D eigenvalue weighted by molar-refractivity contribution is 6.30. The van der Waals surface area contributed by atoms with Gasteiger partial charge in [0.15, 0.2) is 5.88 Å². The summed E-state index contributed by atoms with van der Waals surface area (Å²) >= 11 is 5.87. The molecule has 1 aromatic heterocycles. The monoisotopic (exact) mass is 568 g/mol. The molecular formula is C31H42ClFN6O. The van der Waals surface area contributed by atoms with Crippen molar-refractivity contribution in [1.82, 2.24) is 20.1 Å². The SMILES string of the molecule is C=C(NCC)OC(=NC)c1ccc(N2CCN(C3CCN(C(=C)c4ccc(Cl)c(F)c4)CC3)[C@@H](CC)C2)c(C)n1. The first-order chi connectivity index (χ1) is 19.2. The van der Waals surface area contributed by atoms with E-state index >= 15 is 0 Å². The molecule has 2 saturated heterocycles. The number of piperidine rings is 1. The van der Waals surface area contributed by atoms with Crippen molar-refractivity contribution in [2.24, 2.45) is 4.99 Å².